The number of para-hydroxylation sites is 2. The van der Waals surface area contributed by atoms with E-state index in [1.165, 1.54) is 23.9 Å². The van der Waals surface area contributed by atoms with Gasteiger partial charge in [0.05, 0.1) is 17.1 Å². The second-order valence-corrected chi connectivity index (χ2v) is 8.87. The van der Waals surface area contributed by atoms with Gasteiger partial charge in [-0.3, -0.25) is 9.59 Å². The number of nitrogens with zero attached hydrogens (tertiary/aromatic N) is 3. The van der Waals surface area contributed by atoms with Gasteiger partial charge in [0.25, 0.3) is 0 Å². The third-order valence-electron chi connectivity index (χ3n) is 5.65. The summed E-state index contributed by atoms with van der Waals surface area (Å²) < 4.78 is 13.3. The second-order valence-electron chi connectivity index (χ2n) is 7.91. The number of thioether (sulfide) groups is 1. The van der Waals surface area contributed by atoms with Crippen LogP contribution in [0.3, 0.4) is 0 Å². The van der Waals surface area contributed by atoms with Gasteiger partial charge in [-0.2, -0.15) is 0 Å². The van der Waals surface area contributed by atoms with Crippen LogP contribution in [0.25, 0.3) is 22.0 Å². The minimum atomic E-state index is -0.310. The van der Waals surface area contributed by atoms with Crippen LogP contribution in [0, 0.1) is 5.82 Å². The zero-order chi connectivity index (χ0) is 23.5. The lowest BCUT2D eigenvalue weighted by atomic mass is 10.1. The third-order valence-corrected chi connectivity index (χ3v) is 6.63. The molecule has 4 aromatic rings. The van der Waals surface area contributed by atoms with Crippen LogP contribution in [0.4, 0.5) is 15.8 Å². The summed E-state index contributed by atoms with van der Waals surface area (Å²) in [6.07, 6.45) is 1.34. The third kappa shape index (κ3) is 4.49. The van der Waals surface area contributed by atoms with Gasteiger partial charge in [-0.25, -0.2) is 4.39 Å². The van der Waals surface area contributed by atoms with Crippen molar-refractivity contribution in [2.75, 3.05) is 22.5 Å². The number of rotatable bonds is 6. The topological polar surface area (TPSA) is 75.2 Å². The highest BCUT2D eigenvalue weighted by molar-refractivity contribution is 8.00. The molecule has 0 unspecified atom stereocenters. The molecule has 0 aliphatic carbocycles. The molecule has 1 aromatic heterocycles. The molecule has 2 heterocycles. The molecule has 34 heavy (non-hydrogen) atoms. The number of hydrogen-bond acceptors (Lipinski definition) is 5. The van der Waals surface area contributed by atoms with Crippen LogP contribution < -0.4 is 10.2 Å². The van der Waals surface area contributed by atoms with E-state index in [0.29, 0.717) is 29.4 Å². The summed E-state index contributed by atoms with van der Waals surface area (Å²) in [6, 6.07) is 21.2. The highest BCUT2D eigenvalue weighted by Crippen LogP contribution is 2.33. The summed E-state index contributed by atoms with van der Waals surface area (Å²) >= 11 is 1.30. The van der Waals surface area contributed by atoms with Crippen LogP contribution in [-0.2, 0) is 9.59 Å². The Bertz CT molecular complexity index is 1380. The van der Waals surface area contributed by atoms with Gasteiger partial charge in [-0.15, -0.1) is 10.2 Å². The van der Waals surface area contributed by atoms with Crippen molar-refractivity contribution in [1.82, 2.24) is 10.2 Å². The molecule has 2 amide bonds. The van der Waals surface area contributed by atoms with Gasteiger partial charge in [0.15, 0.2) is 0 Å². The van der Waals surface area contributed by atoms with Crippen LogP contribution in [0.5, 0.6) is 0 Å². The van der Waals surface area contributed by atoms with Crippen molar-refractivity contribution in [3.05, 3.63) is 78.6 Å². The number of fused-ring (bicyclic) bond motifs is 1. The predicted octanol–water partition coefficient (Wildman–Crippen LogP) is 5.29. The first-order valence-corrected chi connectivity index (χ1v) is 11.9. The van der Waals surface area contributed by atoms with Gasteiger partial charge in [0, 0.05) is 29.3 Å². The molecule has 6 nitrogen and oxygen atoms in total. The molecule has 0 spiro atoms. The van der Waals surface area contributed by atoms with E-state index in [-0.39, 0.29) is 23.4 Å². The Morgan fingerprint density at radius 2 is 1.71 bits per heavy atom. The van der Waals surface area contributed by atoms with Gasteiger partial charge in [-0.05, 0) is 42.8 Å². The fourth-order valence-corrected chi connectivity index (χ4v) is 4.82. The summed E-state index contributed by atoms with van der Waals surface area (Å²) in [4.78, 5) is 26.7. The molecule has 0 saturated carbocycles. The number of carbonyl (C=O) groups excluding carboxylic acids is 2. The SMILES string of the molecule is O=C(CSc1nnc(-c2ccc(F)cc2)c2ccccc12)Nc1ccccc1N1CCCC1=O. The maximum absolute atomic E-state index is 13.3. The first-order chi connectivity index (χ1) is 16.6. The zero-order valence-corrected chi connectivity index (χ0v) is 19.0. The van der Waals surface area contributed by atoms with Crippen LogP contribution in [-0.4, -0.2) is 34.3 Å². The number of benzene rings is 3. The average molecular weight is 473 g/mol. The van der Waals surface area contributed by atoms with Crippen molar-refractivity contribution < 1.29 is 14.0 Å². The van der Waals surface area contributed by atoms with Crippen LogP contribution in [0.1, 0.15) is 12.8 Å². The summed E-state index contributed by atoms with van der Waals surface area (Å²) in [6.45, 7) is 0.655. The Labute approximate surface area is 200 Å². The molecule has 3 aromatic carbocycles. The monoisotopic (exact) mass is 472 g/mol. The molecular formula is C26H21FN4O2S. The molecule has 5 rings (SSSR count). The maximum Gasteiger partial charge on any atom is 0.234 e. The first kappa shape index (κ1) is 22.0. The smallest absolute Gasteiger partial charge is 0.234 e. The van der Waals surface area contributed by atoms with Crippen molar-refractivity contribution in [3.63, 3.8) is 0 Å². The highest BCUT2D eigenvalue weighted by Gasteiger charge is 2.24. The van der Waals surface area contributed by atoms with Crippen molar-refractivity contribution in [2.45, 2.75) is 17.9 Å². The molecule has 170 valence electrons. The molecule has 0 bridgehead atoms. The summed E-state index contributed by atoms with van der Waals surface area (Å²) in [5, 5.41) is 14.1. The minimum absolute atomic E-state index is 0.0686. The van der Waals surface area contributed by atoms with E-state index < -0.39 is 0 Å². The van der Waals surface area contributed by atoms with Gasteiger partial charge in [0.2, 0.25) is 11.8 Å². The second kappa shape index (κ2) is 9.61. The quantitative estimate of drug-likeness (QED) is 0.386. The van der Waals surface area contributed by atoms with E-state index in [4.69, 9.17) is 0 Å². The molecule has 8 heteroatoms. The molecule has 1 fully saturated rings. The first-order valence-electron chi connectivity index (χ1n) is 10.9. The summed E-state index contributed by atoms with van der Waals surface area (Å²) in [7, 11) is 0. The van der Waals surface area contributed by atoms with Crippen LogP contribution >= 0.6 is 11.8 Å². The lowest BCUT2D eigenvalue weighted by molar-refractivity contribution is -0.117. The van der Waals surface area contributed by atoms with Gasteiger partial charge >= 0.3 is 0 Å². The van der Waals surface area contributed by atoms with Gasteiger partial charge < -0.3 is 10.2 Å². The van der Waals surface area contributed by atoms with E-state index in [9.17, 15) is 14.0 Å². The molecule has 0 atom stereocenters. The number of hydrogen-bond donors (Lipinski definition) is 1. The van der Waals surface area contributed by atoms with E-state index >= 15 is 0 Å². The Morgan fingerprint density at radius 3 is 2.47 bits per heavy atom. The Balaban J connectivity index is 1.34. The highest BCUT2D eigenvalue weighted by atomic mass is 32.2. The molecule has 1 aliphatic rings. The van der Waals surface area contributed by atoms with E-state index in [1.807, 2.05) is 42.5 Å². The number of halogens is 1. The Kier molecular flexibility index (Phi) is 6.22. The summed E-state index contributed by atoms with van der Waals surface area (Å²) in [5.41, 5.74) is 2.77. The van der Waals surface area contributed by atoms with Crippen molar-refractivity contribution in [2.24, 2.45) is 0 Å². The summed E-state index contributed by atoms with van der Waals surface area (Å²) in [5.74, 6) is -0.303. The largest absolute Gasteiger partial charge is 0.324 e. The van der Waals surface area contributed by atoms with Crippen molar-refractivity contribution in [1.29, 1.82) is 0 Å². The lowest BCUT2D eigenvalue weighted by Gasteiger charge is -2.20. The van der Waals surface area contributed by atoms with Crippen molar-refractivity contribution in [3.8, 4) is 11.3 Å². The van der Waals surface area contributed by atoms with Gasteiger partial charge in [0.1, 0.15) is 16.5 Å². The van der Waals surface area contributed by atoms with Gasteiger partial charge in [-0.1, -0.05) is 48.2 Å². The number of amides is 2. The number of anilines is 2. The van der Waals surface area contributed by atoms with Crippen LogP contribution in [0.2, 0.25) is 0 Å². The number of aromatic nitrogens is 2. The molecule has 1 saturated heterocycles. The van der Waals surface area contributed by atoms with Crippen molar-refractivity contribution >= 4 is 45.7 Å². The van der Waals surface area contributed by atoms with Crippen LogP contribution in [0.15, 0.2) is 77.8 Å². The number of carbonyl (C=O) groups is 2. The average Bonchev–Trinajstić information content (AvgIpc) is 3.29. The fraction of sp³-hybridized carbons (Fsp3) is 0.154. The molecule has 0 radical (unpaired) electrons. The molecule has 1 aliphatic heterocycles. The van der Waals surface area contributed by atoms with E-state index in [1.54, 1.807) is 23.1 Å². The lowest BCUT2D eigenvalue weighted by Crippen LogP contribution is -2.26. The predicted molar refractivity (Wildman–Crippen MR) is 132 cm³/mol. The molecular weight excluding hydrogens is 451 g/mol. The van der Waals surface area contributed by atoms with E-state index in [2.05, 4.69) is 15.5 Å². The van der Waals surface area contributed by atoms with E-state index in [0.717, 1.165) is 28.4 Å². The Morgan fingerprint density at radius 1 is 0.971 bits per heavy atom. The normalized spacial score (nSPS) is 13.4. The maximum atomic E-state index is 13.3. The number of nitrogens with one attached hydrogen (secondary N) is 1. The fourth-order valence-electron chi connectivity index (χ4n) is 4.04. The Hall–Kier alpha value is -3.78. The minimum Gasteiger partial charge on any atom is -0.324 e. The standard InChI is InChI=1S/C26H21FN4O2S/c27-18-13-11-17(12-14-18)25-19-6-1-2-7-20(19)26(30-29-25)34-16-23(32)28-21-8-3-4-9-22(21)31-15-5-10-24(31)33/h1-4,6-9,11-14H,5,10,15-16H2,(H,28,32). The molecule has 1 N–H and O–H groups in total. The zero-order valence-electron chi connectivity index (χ0n) is 18.2.